The van der Waals surface area contributed by atoms with Crippen LogP contribution in [0.5, 0.6) is 0 Å². The van der Waals surface area contributed by atoms with Crippen LogP contribution in [0.1, 0.15) is 54.5 Å². The first-order valence-corrected chi connectivity index (χ1v) is 11.7. The highest BCUT2D eigenvalue weighted by Crippen LogP contribution is 2.35. The van der Waals surface area contributed by atoms with Gasteiger partial charge in [0.2, 0.25) is 0 Å². The van der Waals surface area contributed by atoms with Crippen molar-refractivity contribution < 1.29 is 14.6 Å². The number of carboxylic acid groups (broad SMARTS) is 1. The molecule has 4 heteroatoms. The molecule has 0 bridgehead atoms. The van der Waals surface area contributed by atoms with Crippen LogP contribution >= 0.6 is 0 Å². The number of benzene rings is 3. The van der Waals surface area contributed by atoms with E-state index in [0.717, 1.165) is 24.1 Å². The van der Waals surface area contributed by atoms with Gasteiger partial charge < -0.3 is 14.7 Å². The number of para-hydroxylation sites is 1. The van der Waals surface area contributed by atoms with E-state index >= 15 is 0 Å². The summed E-state index contributed by atoms with van der Waals surface area (Å²) in [7, 11) is 2.15. The van der Waals surface area contributed by atoms with Gasteiger partial charge in [-0.1, -0.05) is 86.6 Å². The molecule has 0 fully saturated rings. The third-order valence-electron chi connectivity index (χ3n) is 6.44. The van der Waals surface area contributed by atoms with Gasteiger partial charge in [0.15, 0.2) is 6.10 Å². The zero-order valence-electron chi connectivity index (χ0n) is 19.6. The Morgan fingerprint density at radius 3 is 2.27 bits per heavy atom. The number of hydrogen-bond acceptors (Lipinski definition) is 3. The molecule has 0 aromatic heterocycles. The summed E-state index contributed by atoms with van der Waals surface area (Å²) in [6, 6.07) is 27.1. The topological polar surface area (TPSA) is 49.8 Å². The van der Waals surface area contributed by atoms with E-state index in [4.69, 9.17) is 4.74 Å². The van der Waals surface area contributed by atoms with Crippen LogP contribution < -0.4 is 4.90 Å². The molecule has 3 aromatic rings. The average molecular weight is 444 g/mol. The van der Waals surface area contributed by atoms with E-state index in [-0.39, 0.29) is 5.92 Å². The number of anilines is 1. The van der Waals surface area contributed by atoms with E-state index in [0.29, 0.717) is 12.3 Å². The van der Waals surface area contributed by atoms with Crippen molar-refractivity contribution in [2.45, 2.75) is 44.8 Å². The van der Waals surface area contributed by atoms with Crippen LogP contribution in [0.3, 0.4) is 0 Å². The highest BCUT2D eigenvalue weighted by Gasteiger charge is 2.27. The van der Waals surface area contributed by atoms with E-state index in [1.807, 2.05) is 44.2 Å². The first-order chi connectivity index (χ1) is 15.9. The SMILES string of the molecule is CC(C)C[C@H](O[C@H](c1ccccc1)c1ccc(C2Cc3ccccc3N(C)C2)cc1)C(=O)O. The van der Waals surface area contributed by atoms with E-state index < -0.39 is 18.2 Å². The molecule has 0 saturated carbocycles. The Morgan fingerprint density at radius 2 is 1.61 bits per heavy atom. The zero-order valence-corrected chi connectivity index (χ0v) is 19.6. The number of hydrogen-bond donors (Lipinski definition) is 1. The first kappa shape index (κ1) is 23.1. The van der Waals surface area contributed by atoms with Crippen LogP contribution in [0, 0.1) is 5.92 Å². The second-order valence-corrected chi connectivity index (χ2v) is 9.46. The third-order valence-corrected chi connectivity index (χ3v) is 6.44. The minimum absolute atomic E-state index is 0.232. The maximum atomic E-state index is 11.9. The smallest absolute Gasteiger partial charge is 0.332 e. The molecule has 1 unspecified atom stereocenters. The summed E-state index contributed by atoms with van der Waals surface area (Å²) in [5.74, 6) is -0.260. The highest BCUT2D eigenvalue weighted by molar-refractivity contribution is 5.72. The second-order valence-electron chi connectivity index (χ2n) is 9.46. The summed E-state index contributed by atoms with van der Waals surface area (Å²) in [5.41, 5.74) is 5.93. The molecule has 0 amide bonds. The van der Waals surface area contributed by atoms with Gasteiger partial charge in [-0.3, -0.25) is 0 Å². The van der Waals surface area contributed by atoms with Crippen LogP contribution in [-0.2, 0) is 16.0 Å². The van der Waals surface area contributed by atoms with Gasteiger partial charge in [0.25, 0.3) is 0 Å². The minimum Gasteiger partial charge on any atom is -0.479 e. The normalized spacial score (nSPS) is 17.5. The molecule has 3 aromatic carbocycles. The van der Waals surface area contributed by atoms with Gasteiger partial charge >= 0.3 is 5.97 Å². The van der Waals surface area contributed by atoms with Gasteiger partial charge in [-0.05, 0) is 47.1 Å². The maximum Gasteiger partial charge on any atom is 0.332 e. The molecule has 4 nitrogen and oxygen atoms in total. The molecule has 1 aliphatic heterocycles. The minimum atomic E-state index is -0.912. The van der Waals surface area contributed by atoms with E-state index in [2.05, 4.69) is 60.5 Å². The molecular formula is C29H33NO3. The van der Waals surface area contributed by atoms with Crippen molar-refractivity contribution in [3.8, 4) is 0 Å². The maximum absolute atomic E-state index is 11.9. The lowest BCUT2D eigenvalue weighted by Gasteiger charge is -2.34. The quantitative estimate of drug-likeness (QED) is 0.459. The molecule has 4 rings (SSSR count). The average Bonchev–Trinajstić information content (AvgIpc) is 2.82. The molecule has 3 atom stereocenters. The summed E-state index contributed by atoms with van der Waals surface area (Å²) in [6.07, 6.45) is 0.228. The van der Waals surface area contributed by atoms with E-state index in [1.54, 1.807) is 0 Å². The van der Waals surface area contributed by atoms with Gasteiger partial charge in [-0.2, -0.15) is 0 Å². The van der Waals surface area contributed by atoms with E-state index in [9.17, 15) is 9.90 Å². The molecule has 1 N–H and O–H groups in total. The number of ether oxygens (including phenoxy) is 1. The van der Waals surface area contributed by atoms with Crippen molar-refractivity contribution >= 4 is 11.7 Å². The van der Waals surface area contributed by atoms with Crippen molar-refractivity contribution in [2.75, 3.05) is 18.5 Å². The molecule has 172 valence electrons. The van der Waals surface area contributed by atoms with Gasteiger partial charge in [-0.25, -0.2) is 4.79 Å². The predicted octanol–water partition coefficient (Wildman–Crippen LogP) is 6.07. The Morgan fingerprint density at radius 1 is 0.970 bits per heavy atom. The zero-order chi connectivity index (χ0) is 23.4. The fourth-order valence-corrected chi connectivity index (χ4v) is 4.77. The van der Waals surface area contributed by atoms with Crippen molar-refractivity contribution in [1.82, 2.24) is 0 Å². The molecule has 0 radical (unpaired) electrons. The van der Waals surface area contributed by atoms with Crippen molar-refractivity contribution in [3.63, 3.8) is 0 Å². The highest BCUT2D eigenvalue weighted by atomic mass is 16.5. The van der Waals surface area contributed by atoms with Crippen LogP contribution in [0.15, 0.2) is 78.9 Å². The first-order valence-electron chi connectivity index (χ1n) is 11.7. The van der Waals surface area contributed by atoms with Crippen LogP contribution in [0.25, 0.3) is 0 Å². The molecule has 1 heterocycles. The largest absolute Gasteiger partial charge is 0.479 e. The van der Waals surface area contributed by atoms with Gasteiger partial charge in [0, 0.05) is 25.2 Å². The number of carboxylic acids is 1. The van der Waals surface area contributed by atoms with Crippen molar-refractivity contribution in [1.29, 1.82) is 0 Å². The molecule has 0 aliphatic carbocycles. The second kappa shape index (κ2) is 10.2. The van der Waals surface area contributed by atoms with Crippen molar-refractivity contribution in [2.24, 2.45) is 5.92 Å². The Kier molecular flexibility index (Phi) is 7.14. The molecule has 0 saturated heterocycles. The van der Waals surface area contributed by atoms with Crippen LogP contribution in [0.2, 0.25) is 0 Å². The Balaban J connectivity index is 1.59. The molecule has 1 aliphatic rings. The molecule has 33 heavy (non-hydrogen) atoms. The number of aliphatic carboxylic acids is 1. The number of fused-ring (bicyclic) bond motifs is 1. The van der Waals surface area contributed by atoms with Gasteiger partial charge in [-0.15, -0.1) is 0 Å². The lowest BCUT2D eigenvalue weighted by atomic mass is 9.86. The Labute approximate surface area is 196 Å². The third kappa shape index (κ3) is 5.45. The van der Waals surface area contributed by atoms with Crippen molar-refractivity contribution in [3.05, 3.63) is 101 Å². The van der Waals surface area contributed by atoms with Gasteiger partial charge in [0.1, 0.15) is 6.10 Å². The monoisotopic (exact) mass is 443 g/mol. The summed E-state index contributed by atoms with van der Waals surface area (Å²) in [6.45, 7) is 5.01. The van der Waals surface area contributed by atoms with Crippen LogP contribution in [-0.4, -0.2) is 30.8 Å². The summed E-state index contributed by atoms with van der Waals surface area (Å²) in [4.78, 5) is 14.2. The summed E-state index contributed by atoms with van der Waals surface area (Å²) >= 11 is 0. The lowest BCUT2D eigenvalue weighted by Crippen LogP contribution is -2.31. The summed E-state index contributed by atoms with van der Waals surface area (Å²) < 4.78 is 6.24. The molecular weight excluding hydrogens is 410 g/mol. The van der Waals surface area contributed by atoms with Crippen LogP contribution in [0.4, 0.5) is 5.69 Å². The van der Waals surface area contributed by atoms with E-state index in [1.165, 1.54) is 16.8 Å². The number of nitrogens with zero attached hydrogens (tertiary/aromatic N) is 1. The standard InChI is InChI=1S/C29H33NO3/c1-20(2)17-27(29(31)32)33-28(22-9-5-4-6-10-22)23-15-13-21(14-16-23)25-18-24-11-7-8-12-26(24)30(3)19-25/h4-16,20,25,27-28H,17-19H2,1-3H3,(H,31,32)/t25?,27-,28+/m0/s1. The Hall–Kier alpha value is -3.11. The summed E-state index contributed by atoms with van der Waals surface area (Å²) in [5, 5.41) is 9.75. The predicted molar refractivity (Wildman–Crippen MR) is 133 cm³/mol. The van der Waals surface area contributed by atoms with Gasteiger partial charge in [0.05, 0.1) is 0 Å². The fourth-order valence-electron chi connectivity index (χ4n) is 4.77. The number of rotatable bonds is 8. The lowest BCUT2D eigenvalue weighted by molar-refractivity contribution is -0.154. The number of carbonyl (C=O) groups is 1. The fraction of sp³-hybridized carbons (Fsp3) is 0.345. The Bertz CT molecular complexity index is 1060. The molecule has 0 spiro atoms. The number of likely N-dealkylation sites (N-methyl/N-ethyl adjacent to an activating group) is 1.